The van der Waals surface area contributed by atoms with Crippen molar-refractivity contribution in [2.24, 2.45) is 7.05 Å². The summed E-state index contributed by atoms with van der Waals surface area (Å²) >= 11 is 0. The third kappa shape index (κ3) is 5.11. The van der Waals surface area contributed by atoms with Gasteiger partial charge in [-0.05, 0) is 36.8 Å². The molecule has 9 nitrogen and oxygen atoms in total. The van der Waals surface area contributed by atoms with Crippen LogP contribution in [-0.4, -0.2) is 40.5 Å². The van der Waals surface area contributed by atoms with Gasteiger partial charge in [0.1, 0.15) is 17.0 Å². The summed E-state index contributed by atoms with van der Waals surface area (Å²) in [6.45, 7) is -0.376. The number of piperidine rings is 1. The Morgan fingerprint density at radius 1 is 1.21 bits per heavy atom. The molecule has 0 bridgehead atoms. The van der Waals surface area contributed by atoms with Gasteiger partial charge in [-0.2, -0.15) is 5.10 Å². The number of carbonyl (C=O) groups is 3. The van der Waals surface area contributed by atoms with E-state index in [9.17, 15) is 27.6 Å². The van der Waals surface area contributed by atoms with Crippen molar-refractivity contribution >= 4 is 34.3 Å². The third-order valence-electron chi connectivity index (χ3n) is 5.16. The van der Waals surface area contributed by atoms with Crippen LogP contribution in [0.2, 0.25) is 0 Å². The van der Waals surface area contributed by atoms with E-state index < -0.39 is 29.8 Å². The predicted octanol–water partition coefficient (Wildman–Crippen LogP) is 3.01. The fourth-order valence-corrected chi connectivity index (χ4v) is 3.74. The number of ether oxygens (including phenoxy) is 2. The second-order valence-electron chi connectivity index (χ2n) is 7.57. The lowest BCUT2D eigenvalue weighted by Gasteiger charge is -2.19. The number of imide groups is 1. The van der Waals surface area contributed by atoms with Crippen LogP contribution < -0.4 is 20.1 Å². The smallest absolute Gasteiger partial charge is 0.481 e. The van der Waals surface area contributed by atoms with Gasteiger partial charge in [0, 0.05) is 24.5 Å². The number of hydrogen-bond donors (Lipinski definition) is 2. The number of rotatable bonds is 6. The molecule has 0 spiro atoms. The number of amides is 3. The highest BCUT2D eigenvalue weighted by atomic mass is 19.4. The number of carbonyl (C=O) groups excluding carboxylic acids is 3. The maximum Gasteiger partial charge on any atom is 0.573 e. The number of halogens is 3. The summed E-state index contributed by atoms with van der Waals surface area (Å²) in [6, 6.07) is 9.83. The Labute approximate surface area is 190 Å². The summed E-state index contributed by atoms with van der Waals surface area (Å²) in [4.78, 5) is 36.0. The summed E-state index contributed by atoms with van der Waals surface area (Å²) in [5.41, 5.74) is 1.35. The predicted molar refractivity (Wildman–Crippen MR) is 113 cm³/mol. The molecule has 1 atom stereocenters. The van der Waals surface area contributed by atoms with E-state index in [0.717, 1.165) is 12.1 Å². The number of nitrogens with zero attached hydrogens (tertiary/aromatic N) is 2. The fraction of sp³-hybridized carbons (Fsp3) is 0.273. The number of anilines is 1. The zero-order valence-corrected chi connectivity index (χ0v) is 17.8. The van der Waals surface area contributed by atoms with Crippen molar-refractivity contribution in [3.05, 3.63) is 48.2 Å². The van der Waals surface area contributed by atoms with Crippen molar-refractivity contribution in [3.63, 3.8) is 0 Å². The van der Waals surface area contributed by atoms with Crippen LogP contribution >= 0.6 is 0 Å². The van der Waals surface area contributed by atoms with E-state index in [1.54, 1.807) is 29.9 Å². The first-order valence-corrected chi connectivity index (χ1v) is 10.2. The van der Waals surface area contributed by atoms with Gasteiger partial charge in [0.25, 0.3) is 5.91 Å². The lowest BCUT2D eigenvalue weighted by molar-refractivity contribution is -0.274. The number of nitrogens with one attached hydrogen (secondary N) is 2. The van der Waals surface area contributed by atoms with E-state index >= 15 is 0 Å². The van der Waals surface area contributed by atoms with Gasteiger partial charge in [-0.3, -0.25) is 24.4 Å². The number of hydrogen-bond acceptors (Lipinski definition) is 6. The van der Waals surface area contributed by atoms with Crippen molar-refractivity contribution in [2.75, 3.05) is 11.9 Å². The SMILES string of the molecule is Cn1nc(C2CCC(=O)NC2=O)c2cccc(OCC(=O)Nc3ccc(OC(F)(F)F)cc3)c21. The molecule has 2 aromatic carbocycles. The number of aryl methyl sites for hydroxylation is 1. The fourth-order valence-electron chi connectivity index (χ4n) is 3.74. The highest BCUT2D eigenvalue weighted by Gasteiger charge is 2.32. The molecule has 178 valence electrons. The van der Waals surface area contributed by atoms with Gasteiger partial charge in [0.05, 0.1) is 11.6 Å². The van der Waals surface area contributed by atoms with Crippen LogP contribution in [0, 0.1) is 0 Å². The molecule has 1 aromatic heterocycles. The van der Waals surface area contributed by atoms with Crippen LogP contribution in [0.15, 0.2) is 42.5 Å². The normalized spacial score (nSPS) is 16.3. The van der Waals surface area contributed by atoms with Gasteiger partial charge in [-0.15, -0.1) is 13.2 Å². The van der Waals surface area contributed by atoms with E-state index in [0.29, 0.717) is 28.8 Å². The average molecular weight is 476 g/mol. The second-order valence-corrected chi connectivity index (χ2v) is 7.57. The van der Waals surface area contributed by atoms with Crippen molar-refractivity contribution in [1.82, 2.24) is 15.1 Å². The summed E-state index contributed by atoms with van der Waals surface area (Å²) in [5.74, 6) is -1.89. The van der Waals surface area contributed by atoms with Crippen LogP contribution in [0.4, 0.5) is 18.9 Å². The lowest BCUT2D eigenvalue weighted by Crippen LogP contribution is -2.39. The largest absolute Gasteiger partial charge is 0.573 e. The van der Waals surface area contributed by atoms with Crippen LogP contribution in [0.25, 0.3) is 10.9 Å². The molecule has 0 saturated carbocycles. The highest BCUT2D eigenvalue weighted by molar-refractivity contribution is 6.03. The molecule has 2 N–H and O–H groups in total. The zero-order valence-electron chi connectivity index (χ0n) is 17.8. The first-order chi connectivity index (χ1) is 16.1. The number of aromatic nitrogens is 2. The Balaban J connectivity index is 1.44. The van der Waals surface area contributed by atoms with Gasteiger partial charge in [0.15, 0.2) is 6.61 Å². The summed E-state index contributed by atoms with van der Waals surface area (Å²) in [7, 11) is 1.68. The standard InChI is InChI=1S/C22H19F3N4O5/c1-29-20-14(19(28-29)15-9-10-17(30)27-21(15)32)3-2-4-16(20)33-11-18(31)26-12-5-7-13(8-6-12)34-22(23,24)25/h2-8,15H,9-11H2,1H3,(H,26,31)(H,27,30,32). The van der Waals surface area contributed by atoms with E-state index in [1.165, 1.54) is 12.1 Å². The van der Waals surface area contributed by atoms with Crippen molar-refractivity contribution in [3.8, 4) is 11.5 Å². The van der Waals surface area contributed by atoms with Crippen molar-refractivity contribution < 1.29 is 37.0 Å². The topological polar surface area (TPSA) is 112 Å². The number of alkyl halides is 3. The van der Waals surface area contributed by atoms with Crippen molar-refractivity contribution in [1.29, 1.82) is 0 Å². The van der Waals surface area contributed by atoms with Crippen LogP contribution in [0.5, 0.6) is 11.5 Å². The maximum atomic E-state index is 12.3. The molecule has 3 aromatic rings. The van der Waals surface area contributed by atoms with E-state index in [2.05, 4.69) is 20.5 Å². The Bertz CT molecular complexity index is 1250. The number of para-hydroxylation sites is 1. The monoisotopic (exact) mass is 476 g/mol. The second kappa shape index (κ2) is 9.04. The molecule has 0 radical (unpaired) electrons. The zero-order chi connectivity index (χ0) is 24.5. The Morgan fingerprint density at radius 3 is 2.62 bits per heavy atom. The lowest BCUT2D eigenvalue weighted by atomic mass is 9.93. The molecule has 1 unspecified atom stereocenters. The Morgan fingerprint density at radius 2 is 1.94 bits per heavy atom. The van der Waals surface area contributed by atoms with E-state index in [1.807, 2.05) is 0 Å². The average Bonchev–Trinajstić information content (AvgIpc) is 3.09. The molecule has 34 heavy (non-hydrogen) atoms. The van der Waals surface area contributed by atoms with Gasteiger partial charge < -0.3 is 14.8 Å². The van der Waals surface area contributed by atoms with Crippen molar-refractivity contribution in [2.45, 2.75) is 25.1 Å². The molecule has 4 rings (SSSR count). The molecule has 0 aliphatic carbocycles. The molecular formula is C22H19F3N4O5. The van der Waals surface area contributed by atoms with Gasteiger partial charge in [-0.1, -0.05) is 12.1 Å². The molecule has 1 fully saturated rings. The minimum absolute atomic E-state index is 0.216. The first kappa shape index (κ1) is 23.1. The van der Waals surface area contributed by atoms with Crippen LogP contribution in [-0.2, 0) is 21.4 Å². The molecule has 2 heterocycles. The minimum Gasteiger partial charge on any atom is -0.481 e. The summed E-state index contributed by atoms with van der Waals surface area (Å²) in [5, 5.41) is 9.96. The molecular weight excluding hydrogens is 457 g/mol. The molecule has 3 amide bonds. The van der Waals surface area contributed by atoms with E-state index in [-0.39, 0.29) is 24.6 Å². The molecule has 1 saturated heterocycles. The molecule has 1 aliphatic heterocycles. The van der Waals surface area contributed by atoms with Gasteiger partial charge in [0.2, 0.25) is 11.8 Å². The number of fused-ring (bicyclic) bond motifs is 1. The van der Waals surface area contributed by atoms with E-state index in [4.69, 9.17) is 4.74 Å². The minimum atomic E-state index is -4.80. The Hall–Kier alpha value is -4.09. The van der Waals surface area contributed by atoms with Gasteiger partial charge >= 0.3 is 6.36 Å². The summed E-state index contributed by atoms with van der Waals surface area (Å²) < 4.78 is 47.7. The van der Waals surface area contributed by atoms with Gasteiger partial charge in [-0.25, -0.2) is 0 Å². The quantitative estimate of drug-likeness (QED) is 0.529. The number of benzene rings is 2. The first-order valence-electron chi connectivity index (χ1n) is 10.2. The highest BCUT2D eigenvalue weighted by Crippen LogP contribution is 2.34. The maximum absolute atomic E-state index is 12.3. The Kier molecular flexibility index (Phi) is 6.14. The third-order valence-corrected chi connectivity index (χ3v) is 5.16. The molecule has 12 heteroatoms. The molecule has 1 aliphatic rings. The summed E-state index contributed by atoms with van der Waals surface area (Å²) in [6.07, 6.45) is -4.24. The van der Waals surface area contributed by atoms with Crippen LogP contribution in [0.1, 0.15) is 24.5 Å². The van der Waals surface area contributed by atoms with Crippen LogP contribution in [0.3, 0.4) is 0 Å².